The molecule has 0 aromatic heterocycles. The zero-order valence-corrected chi connectivity index (χ0v) is 11.2. The maximum absolute atomic E-state index is 12.2. The van der Waals surface area contributed by atoms with E-state index >= 15 is 0 Å². The van der Waals surface area contributed by atoms with Crippen molar-refractivity contribution in [1.29, 1.82) is 0 Å². The highest BCUT2D eigenvalue weighted by Crippen LogP contribution is 2.47. The zero-order chi connectivity index (χ0) is 12.4. The van der Waals surface area contributed by atoms with Gasteiger partial charge in [0.15, 0.2) is 0 Å². The summed E-state index contributed by atoms with van der Waals surface area (Å²) in [6, 6.07) is 8.26. The molecule has 3 nitrogen and oxygen atoms in total. The minimum absolute atomic E-state index is 0.0422. The maximum Gasteiger partial charge on any atom is 0.259 e. The predicted octanol–water partition coefficient (Wildman–Crippen LogP) is 2.67. The number of rotatable bonds is 3. The molecule has 1 aliphatic rings. The van der Waals surface area contributed by atoms with E-state index in [0.29, 0.717) is 5.92 Å². The van der Waals surface area contributed by atoms with Gasteiger partial charge >= 0.3 is 0 Å². The van der Waals surface area contributed by atoms with Gasteiger partial charge in [0.05, 0.1) is 12.4 Å². The Morgan fingerprint density at radius 1 is 1.47 bits per heavy atom. The second-order valence-electron chi connectivity index (χ2n) is 4.11. The second-order valence-corrected chi connectivity index (χ2v) is 5.29. The van der Waals surface area contributed by atoms with Gasteiger partial charge in [-0.15, -0.1) is 11.8 Å². The Labute approximate surface area is 106 Å². The van der Waals surface area contributed by atoms with E-state index in [0.717, 1.165) is 6.42 Å². The van der Waals surface area contributed by atoms with Gasteiger partial charge in [0, 0.05) is 17.9 Å². The average Bonchev–Trinajstić information content (AvgIpc) is 2.75. The van der Waals surface area contributed by atoms with Crippen LogP contribution in [0.3, 0.4) is 0 Å². The van der Waals surface area contributed by atoms with Crippen LogP contribution in [0.4, 0.5) is 0 Å². The molecule has 0 saturated carbocycles. The lowest BCUT2D eigenvalue weighted by atomic mass is 9.93. The van der Waals surface area contributed by atoms with Gasteiger partial charge in [-0.2, -0.15) is 0 Å². The normalized spacial score (nSPS) is 22.3. The molecule has 0 saturated heterocycles. The van der Waals surface area contributed by atoms with Crippen LogP contribution in [0.2, 0.25) is 0 Å². The van der Waals surface area contributed by atoms with Gasteiger partial charge in [-0.25, -0.2) is 5.06 Å². The zero-order valence-electron chi connectivity index (χ0n) is 10.3. The fourth-order valence-corrected chi connectivity index (χ4v) is 3.74. The Kier molecular flexibility index (Phi) is 3.74. The first kappa shape index (κ1) is 12.5. The summed E-state index contributed by atoms with van der Waals surface area (Å²) in [5.41, 5.74) is 1.29. The molecule has 0 spiro atoms. The second kappa shape index (κ2) is 5.10. The molecule has 1 aromatic carbocycles. The van der Waals surface area contributed by atoms with Crippen LogP contribution in [-0.2, 0) is 9.63 Å². The summed E-state index contributed by atoms with van der Waals surface area (Å²) in [6.45, 7) is 2.13. The summed E-state index contributed by atoms with van der Waals surface area (Å²) in [7, 11) is 3.18. The van der Waals surface area contributed by atoms with Crippen LogP contribution in [0.15, 0.2) is 29.2 Å². The van der Waals surface area contributed by atoms with Crippen molar-refractivity contribution in [1.82, 2.24) is 5.06 Å². The van der Waals surface area contributed by atoms with Crippen LogP contribution in [0.5, 0.6) is 0 Å². The summed E-state index contributed by atoms with van der Waals surface area (Å²) in [4.78, 5) is 18.4. The number of hydrogen-bond acceptors (Lipinski definition) is 3. The lowest BCUT2D eigenvalue weighted by Crippen LogP contribution is -2.35. The minimum Gasteiger partial charge on any atom is -0.275 e. The molecule has 2 atom stereocenters. The molecular formula is C13H17NO2S. The number of benzene rings is 1. The van der Waals surface area contributed by atoms with Crippen molar-refractivity contribution in [3.8, 4) is 0 Å². The maximum atomic E-state index is 12.2. The van der Waals surface area contributed by atoms with Gasteiger partial charge in [-0.05, 0) is 18.1 Å². The Morgan fingerprint density at radius 2 is 2.18 bits per heavy atom. The average molecular weight is 251 g/mol. The molecule has 4 heteroatoms. The smallest absolute Gasteiger partial charge is 0.259 e. The molecule has 92 valence electrons. The molecule has 0 fully saturated rings. The number of amides is 1. The Bertz CT molecular complexity index is 422. The number of carbonyl (C=O) groups excluding carboxylic acids is 1. The number of carbonyl (C=O) groups is 1. The summed E-state index contributed by atoms with van der Waals surface area (Å²) in [5.74, 6) is 0.335. The predicted molar refractivity (Wildman–Crippen MR) is 68.9 cm³/mol. The van der Waals surface area contributed by atoms with Crippen LogP contribution >= 0.6 is 11.8 Å². The Morgan fingerprint density at radius 3 is 2.82 bits per heavy atom. The topological polar surface area (TPSA) is 29.5 Å². The van der Waals surface area contributed by atoms with Crippen molar-refractivity contribution in [3.63, 3.8) is 0 Å². The number of hydroxylamine groups is 2. The summed E-state index contributed by atoms with van der Waals surface area (Å²) >= 11 is 1.65. The molecule has 0 aliphatic carbocycles. The molecule has 1 aromatic rings. The molecule has 0 bridgehead atoms. The third kappa shape index (κ3) is 2.19. The van der Waals surface area contributed by atoms with Gasteiger partial charge < -0.3 is 0 Å². The lowest BCUT2D eigenvalue weighted by Gasteiger charge is -2.22. The summed E-state index contributed by atoms with van der Waals surface area (Å²) < 4.78 is 0. The van der Waals surface area contributed by atoms with Crippen molar-refractivity contribution >= 4 is 17.7 Å². The Hall–Kier alpha value is -1.00. The van der Waals surface area contributed by atoms with Crippen molar-refractivity contribution < 1.29 is 9.63 Å². The third-order valence-electron chi connectivity index (χ3n) is 3.21. The monoisotopic (exact) mass is 251 g/mol. The van der Waals surface area contributed by atoms with E-state index in [4.69, 9.17) is 4.84 Å². The van der Waals surface area contributed by atoms with Crippen LogP contribution in [0.25, 0.3) is 0 Å². The van der Waals surface area contributed by atoms with Gasteiger partial charge in [-0.1, -0.05) is 25.1 Å². The number of hydrogen-bond donors (Lipinski definition) is 0. The standard InChI is InChI=1S/C13H17NO2S/c1-4-9-10-7-5-6-8-11(10)17-12(9)13(15)14(2)16-3/h5-9,12H,4H2,1-3H3. The number of fused-ring (bicyclic) bond motifs is 1. The van der Waals surface area contributed by atoms with Crippen molar-refractivity contribution in [2.45, 2.75) is 29.4 Å². The van der Waals surface area contributed by atoms with Crippen LogP contribution in [0.1, 0.15) is 24.8 Å². The van der Waals surface area contributed by atoms with Crippen molar-refractivity contribution in [3.05, 3.63) is 29.8 Å². The largest absolute Gasteiger partial charge is 0.275 e. The summed E-state index contributed by atoms with van der Waals surface area (Å²) in [5, 5.41) is 1.27. The van der Waals surface area contributed by atoms with E-state index in [2.05, 4.69) is 19.1 Å². The van der Waals surface area contributed by atoms with Crippen molar-refractivity contribution in [2.75, 3.05) is 14.2 Å². The van der Waals surface area contributed by atoms with Gasteiger partial charge in [-0.3, -0.25) is 9.63 Å². The molecule has 1 heterocycles. The van der Waals surface area contributed by atoms with Crippen LogP contribution in [-0.4, -0.2) is 30.4 Å². The fraction of sp³-hybridized carbons (Fsp3) is 0.462. The highest BCUT2D eigenvalue weighted by atomic mass is 32.2. The van der Waals surface area contributed by atoms with Crippen LogP contribution in [0, 0.1) is 0 Å². The van der Waals surface area contributed by atoms with Gasteiger partial charge in [0.1, 0.15) is 0 Å². The highest BCUT2D eigenvalue weighted by Gasteiger charge is 2.38. The first-order chi connectivity index (χ1) is 8.19. The number of nitrogens with zero attached hydrogens (tertiary/aromatic N) is 1. The molecule has 1 amide bonds. The number of thioether (sulfide) groups is 1. The molecular weight excluding hydrogens is 234 g/mol. The Balaban J connectivity index is 2.26. The van der Waals surface area contributed by atoms with E-state index in [9.17, 15) is 4.79 Å². The minimum atomic E-state index is -0.0534. The van der Waals surface area contributed by atoms with E-state index in [1.807, 2.05) is 12.1 Å². The molecule has 0 radical (unpaired) electrons. The molecule has 2 rings (SSSR count). The van der Waals surface area contributed by atoms with E-state index in [-0.39, 0.29) is 11.2 Å². The summed E-state index contributed by atoms with van der Waals surface area (Å²) in [6.07, 6.45) is 0.970. The molecule has 17 heavy (non-hydrogen) atoms. The first-order valence-electron chi connectivity index (χ1n) is 5.76. The molecule has 1 aliphatic heterocycles. The quantitative estimate of drug-likeness (QED) is 0.774. The van der Waals surface area contributed by atoms with Gasteiger partial charge in [0.25, 0.3) is 5.91 Å². The van der Waals surface area contributed by atoms with Gasteiger partial charge in [0.2, 0.25) is 0 Å². The van der Waals surface area contributed by atoms with E-state index in [1.54, 1.807) is 18.8 Å². The highest BCUT2D eigenvalue weighted by molar-refractivity contribution is 8.01. The van der Waals surface area contributed by atoms with Crippen molar-refractivity contribution in [2.24, 2.45) is 0 Å². The first-order valence-corrected chi connectivity index (χ1v) is 6.64. The lowest BCUT2D eigenvalue weighted by molar-refractivity contribution is -0.168. The SMILES string of the molecule is CCC1c2ccccc2SC1C(=O)N(C)OC. The van der Waals surface area contributed by atoms with E-state index in [1.165, 1.54) is 22.6 Å². The third-order valence-corrected chi connectivity index (χ3v) is 4.62. The van der Waals surface area contributed by atoms with E-state index < -0.39 is 0 Å². The molecule has 0 N–H and O–H groups in total. The molecule has 2 unspecified atom stereocenters. The van der Waals surface area contributed by atoms with Crippen LogP contribution < -0.4 is 0 Å². The fourth-order valence-electron chi connectivity index (χ4n) is 2.20.